The first-order valence-corrected chi connectivity index (χ1v) is 11.6. The van der Waals surface area contributed by atoms with E-state index in [1.54, 1.807) is 30.0 Å². The minimum atomic E-state index is -0.528. The largest absolute Gasteiger partial charge is 0.465 e. The van der Waals surface area contributed by atoms with Crippen LogP contribution < -0.4 is 0 Å². The molecule has 1 amide bonds. The molecule has 1 aromatic carbocycles. The first-order chi connectivity index (χ1) is 15.7. The number of aryl methyl sites for hydroxylation is 1. The summed E-state index contributed by atoms with van der Waals surface area (Å²) in [7, 11) is 1.32. The van der Waals surface area contributed by atoms with Crippen molar-refractivity contribution in [3.63, 3.8) is 0 Å². The van der Waals surface area contributed by atoms with Gasteiger partial charge in [0.05, 0.1) is 40.9 Å². The highest BCUT2D eigenvalue weighted by Gasteiger charge is 2.38. The molecule has 8 heteroatoms. The van der Waals surface area contributed by atoms with Gasteiger partial charge in [0.2, 0.25) is 0 Å². The van der Waals surface area contributed by atoms with Gasteiger partial charge in [-0.05, 0) is 69.5 Å². The van der Waals surface area contributed by atoms with E-state index in [2.05, 4.69) is 0 Å². The number of halogens is 2. The average Bonchev–Trinajstić information content (AvgIpc) is 3.45. The molecule has 0 spiro atoms. The van der Waals surface area contributed by atoms with Gasteiger partial charge < -0.3 is 18.9 Å². The Morgan fingerprint density at radius 2 is 1.97 bits per heavy atom. The lowest BCUT2D eigenvalue weighted by atomic mass is 10.0. The summed E-state index contributed by atoms with van der Waals surface area (Å²) in [5, 5.41) is 0.945. The van der Waals surface area contributed by atoms with Crippen LogP contribution in [0.2, 0.25) is 10.0 Å². The van der Waals surface area contributed by atoms with Gasteiger partial charge in [0, 0.05) is 29.4 Å². The Balaban J connectivity index is 1.76. The zero-order valence-electron chi connectivity index (χ0n) is 19.1. The Labute approximate surface area is 203 Å². The quantitative estimate of drug-likeness (QED) is 0.425. The smallest absolute Gasteiger partial charge is 0.340 e. The molecule has 3 heterocycles. The second-order valence-electron chi connectivity index (χ2n) is 8.32. The molecule has 2 aliphatic heterocycles. The maximum absolute atomic E-state index is 13.4. The van der Waals surface area contributed by atoms with E-state index < -0.39 is 5.97 Å². The van der Waals surface area contributed by atoms with Gasteiger partial charge >= 0.3 is 5.97 Å². The number of hydrogen-bond acceptors (Lipinski definition) is 4. The van der Waals surface area contributed by atoms with Crippen molar-refractivity contribution in [2.24, 2.45) is 0 Å². The summed E-state index contributed by atoms with van der Waals surface area (Å²) in [5.41, 5.74) is 4.76. The summed E-state index contributed by atoms with van der Waals surface area (Å²) >= 11 is 12.3. The number of aromatic nitrogens is 1. The molecule has 6 nitrogen and oxygen atoms in total. The first kappa shape index (κ1) is 23.6. The average molecular weight is 489 g/mol. The highest BCUT2D eigenvalue weighted by Crippen LogP contribution is 2.34. The van der Waals surface area contributed by atoms with Crippen LogP contribution in [0.4, 0.5) is 0 Å². The van der Waals surface area contributed by atoms with Crippen LogP contribution in [0.15, 0.2) is 41.1 Å². The van der Waals surface area contributed by atoms with Crippen LogP contribution in [0.25, 0.3) is 11.8 Å². The molecule has 1 saturated heterocycles. The predicted octanol–water partition coefficient (Wildman–Crippen LogP) is 5.25. The summed E-state index contributed by atoms with van der Waals surface area (Å²) < 4.78 is 12.8. The first-order valence-electron chi connectivity index (χ1n) is 10.8. The second-order valence-corrected chi connectivity index (χ2v) is 9.14. The van der Waals surface area contributed by atoms with E-state index >= 15 is 0 Å². The lowest BCUT2D eigenvalue weighted by Gasteiger charge is -2.21. The van der Waals surface area contributed by atoms with Gasteiger partial charge in [-0.1, -0.05) is 23.2 Å². The summed E-state index contributed by atoms with van der Waals surface area (Å²) in [4.78, 5) is 27.7. The third-order valence-corrected chi connectivity index (χ3v) is 6.98. The summed E-state index contributed by atoms with van der Waals surface area (Å²) in [6, 6.07) is 7.42. The molecule has 33 heavy (non-hydrogen) atoms. The summed E-state index contributed by atoms with van der Waals surface area (Å²) in [5.74, 6) is -0.747. The van der Waals surface area contributed by atoms with Crippen LogP contribution in [0.1, 0.15) is 36.7 Å². The van der Waals surface area contributed by atoms with E-state index in [9.17, 15) is 9.59 Å². The molecule has 2 aliphatic rings. The van der Waals surface area contributed by atoms with Crippen LogP contribution >= 0.6 is 23.2 Å². The van der Waals surface area contributed by atoms with E-state index in [-0.39, 0.29) is 12.0 Å². The molecule has 1 fully saturated rings. The normalized spacial score (nSPS) is 19.8. The third-order valence-electron chi connectivity index (χ3n) is 6.24. The fourth-order valence-corrected chi connectivity index (χ4v) is 4.84. The van der Waals surface area contributed by atoms with Gasteiger partial charge in [-0.15, -0.1) is 0 Å². The standard InChI is InChI=1S/C25H26Cl2N2O4/c1-14-10-17(15(2)29(14)18-7-8-21(26)22(27)12-18)11-20-23(25(31)32-4)16(3)28(24(20)30)13-19-6-5-9-33-19/h7-8,10-12,19H,5-6,9,13H2,1-4H3/b20-11-/t19-/m1/s1. The Bertz CT molecular complexity index is 1190. The zero-order valence-corrected chi connectivity index (χ0v) is 20.6. The third kappa shape index (κ3) is 4.35. The Kier molecular flexibility index (Phi) is 6.71. The summed E-state index contributed by atoms with van der Waals surface area (Å²) in [6.07, 6.45) is 3.61. The minimum Gasteiger partial charge on any atom is -0.465 e. The highest BCUT2D eigenvalue weighted by atomic mass is 35.5. The van der Waals surface area contributed by atoms with Gasteiger partial charge in [-0.3, -0.25) is 4.79 Å². The van der Waals surface area contributed by atoms with Crippen LogP contribution in [0.3, 0.4) is 0 Å². The lowest BCUT2D eigenvalue weighted by molar-refractivity contribution is -0.136. The molecule has 174 valence electrons. The number of esters is 1. The molecule has 1 aromatic heterocycles. The molecule has 0 unspecified atom stereocenters. The molecule has 1 atom stereocenters. The summed E-state index contributed by atoms with van der Waals surface area (Å²) in [6.45, 7) is 6.83. The topological polar surface area (TPSA) is 60.8 Å². The fourth-order valence-electron chi connectivity index (χ4n) is 4.55. The van der Waals surface area contributed by atoms with Gasteiger partial charge in [0.1, 0.15) is 0 Å². The van der Waals surface area contributed by atoms with Gasteiger partial charge in [0.15, 0.2) is 0 Å². The van der Waals surface area contributed by atoms with Crippen LogP contribution in [0, 0.1) is 13.8 Å². The van der Waals surface area contributed by atoms with E-state index in [0.717, 1.165) is 35.5 Å². The highest BCUT2D eigenvalue weighted by molar-refractivity contribution is 6.42. The number of rotatable bonds is 5. The molecular weight excluding hydrogens is 463 g/mol. The number of ether oxygens (including phenoxy) is 2. The van der Waals surface area contributed by atoms with E-state index in [1.807, 2.05) is 30.5 Å². The van der Waals surface area contributed by atoms with Crippen LogP contribution in [0.5, 0.6) is 0 Å². The predicted molar refractivity (Wildman–Crippen MR) is 129 cm³/mol. The number of hydrogen-bond donors (Lipinski definition) is 0. The molecule has 0 saturated carbocycles. The zero-order chi connectivity index (χ0) is 23.9. The van der Waals surface area contributed by atoms with Crippen molar-refractivity contribution in [1.82, 2.24) is 9.47 Å². The van der Waals surface area contributed by atoms with Crippen molar-refractivity contribution in [2.75, 3.05) is 20.3 Å². The van der Waals surface area contributed by atoms with E-state index in [0.29, 0.717) is 40.0 Å². The number of methoxy groups -OCH3 is 1. The monoisotopic (exact) mass is 488 g/mol. The molecule has 4 rings (SSSR count). The molecule has 0 N–H and O–H groups in total. The molecule has 0 radical (unpaired) electrons. The van der Waals surface area contributed by atoms with Crippen molar-refractivity contribution >= 4 is 41.2 Å². The van der Waals surface area contributed by atoms with Crippen molar-refractivity contribution < 1.29 is 19.1 Å². The molecular formula is C25H26Cl2N2O4. The Morgan fingerprint density at radius 1 is 1.21 bits per heavy atom. The Morgan fingerprint density at radius 3 is 2.61 bits per heavy atom. The number of carbonyl (C=O) groups is 2. The molecule has 0 aliphatic carbocycles. The van der Waals surface area contributed by atoms with Gasteiger partial charge in [-0.25, -0.2) is 4.79 Å². The Hall–Kier alpha value is -2.54. The van der Waals surface area contributed by atoms with E-state index in [4.69, 9.17) is 32.7 Å². The van der Waals surface area contributed by atoms with Crippen LogP contribution in [-0.2, 0) is 19.1 Å². The second kappa shape index (κ2) is 9.37. The van der Waals surface area contributed by atoms with Crippen LogP contribution in [-0.4, -0.2) is 47.7 Å². The number of carbonyl (C=O) groups excluding carboxylic acids is 2. The fraction of sp³-hybridized carbons (Fsp3) is 0.360. The number of benzene rings is 1. The van der Waals surface area contributed by atoms with Crippen molar-refractivity contribution in [3.05, 3.63) is 68.1 Å². The van der Waals surface area contributed by atoms with Crippen molar-refractivity contribution in [3.8, 4) is 5.69 Å². The van der Waals surface area contributed by atoms with E-state index in [1.165, 1.54) is 7.11 Å². The maximum Gasteiger partial charge on any atom is 0.340 e. The number of allylic oxidation sites excluding steroid dienone is 1. The van der Waals surface area contributed by atoms with Gasteiger partial charge in [0.25, 0.3) is 5.91 Å². The molecule has 2 aromatic rings. The minimum absolute atomic E-state index is 0.0261. The SMILES string of the molecule is COC(=O)C1=C(C)N(C[C@H]2CCCO2)C(=O)/C1=C\c1cc(C)n(-c2ccc(Cl)c(Cl)c2)c1C. The van der Waals surface area contributed by atoms with Crippen molar-refractivity contribution in [2.45, 2.75) is 39.7 Å². The van der Waals surface area contributed by atoms with Crippen molar-refractivity contribution in [1.29, 1.82) is 0 Å². The molecule has 0 bridgehead atoms. The number of nitrogens with zero attached hydrogens (tertiary/aromatic N) is 2. The van der Waals surface area contributed by atoms with Gasteiger partial charge in [-0.2, -0.15) is 0 Å². The number of amides is 1. The maximum atomic E-state index is 13.4. The lowest BCUT2D eigenvalue weighted by Crippen LogP contribution is -2.33.